The third-order valence-electron chi connectivity index (χ3n) is 3.74. The molecule has 0 saturated carbocycles. The molecule has 1 atom stereocenters. The second kappa shape index (κ2) is 6.88. The number of amides is 1. The molecular weight excluding hydrogens is 284 g/mol. The summed E-state index contributed by atoms with van der Waals surface area (Å²) in [5, 5.41) is 3.11. The molecule has 0 aliphatic rings. The van der Waals surface area contributed by atoms with Gasteiger partial charge < -0.3 is 5.32 Å². The number of pyridine rings is 1. The summed E-state index contributed by atoms with van der Waals surface area (Å²) in [6, 6.07) is 21.0. The van der Waals surface area contributed by atoms with E-state index >= 15 is 0 Å². The van der Waals surface area contributed by atoms with E-state index in [4.69, 9.17) is 0 Å². The van der Waals surface area contributed by atoms with Crippen LogP contribution in [0.1, 0.15) is 33.1 Å². The average molecular weight is 302 g/mol. The molecule has 1 amide bonds. The highest BCUT2D eigenvalue weighted by Crippen LogP contribution is 2.22. The Balaban J connectivity index is 1.93. The molecule has 0 bridgehead atoms. The Morgan fingerprint density at radius 1 is 0.913 bits per heavy atom. The number of carbonyl (C=O) groups is 1. The Morgan fingerprint density at radius 2 is 1.65 bits per heavy atom. The van der Waals surface area contributed by atoms with E-state index in [1.807, 2.05) is 73.7 Å². The molecule has 1 aromatic heterocycles. The van der Waals surface area contributed by atoms with Gasteiger partial charge in [-0.3, -0.25) is 9.78 Å². The fraction of sp³-hybridized carbons (Fsp3) is 0.100. The summed E-state index contributed by atoms with van der Waals surface area (Å²) < 4.78 is 0. The number of aromatic nitrogens is 1. The topological polar surface area (TPSA) is 42.0 Å². The molecule has 3 heteroatoms. The second-order valence-electron chi connectivity index (χ2n) is 5.47. The predicted molar refractivity (Wildman–Crippen MR) is 91.2 cm³/mol. The molecule has 1 heterocycles. The van der Waals surface area contributed by atoms with Gasteiger partial charge in [-0.2, -0.15) is 0 Å². The molecule has 3 rings (SSSR count). The molecule has 0 spiro atoms. The van der Waals surface area contributed by atoms with Crippen molar-refractivity contribution in [3.8, 4) is 0 Å². The quantitative estimate of drug-likeness (QED) is 0.794. The van der Waals surface area contributed by atoms with E-state index in [1.165, 1.54) is 5.56 Å². The highest BCUT2D eigenvalue weighted by atomic mass is 16.1. The average Bonchev–Trinajstić information content (AvgIpc) is 2.62. The minimum atomic E-state index is -0.225. The van der Waals surface area contributed by atoms with Crippen LogP contribution in [0.5, 0.6) is 0 Å². The van der Waals surface area contributed by atoms with Gasteiger partial charge in [-0.05, 0) is 36.2 Å². The zero-order valence-electron chi connectivity index (χ0n) is 12.9. The van der Waals surface area contributed by atoms with Gasteiger partial charge in [-0.1, -0.05) is 54.1 Å². The number of hydrogen-bond acceptors (Lipinski definition) is 2. The van der Waals surface area contributed by atoms with Gasteiger partial charge in [0.2, 0.25) is 0 Å². The lowest BCUT2D eigenvalue weighted by molar-refractivity contribution is 0.0943. The SMILES string of the molecule is Cc1ccc([C@@H](NC(=O)c2ccccc2)c2cccnc2)cc1. The van der Waals surface area contributed by atoms with E-state index < -0.39 is 0 Å². The van der Waals surface area contributed by atoms with Gasteiger partial charge in [0.15, 0.2) is 0 Å². The van der Waals surface area contributed by atoms with Crippen molar-refractivity contribution in [2.75, 3.05) is 0 Å². The third kappa shape index (κ3) is 3.64. The van der Waals surface area contributed by atoms with Crippen molar-refractivity contribution in [1.82, 2.24) is 10.3 Å². The molecule has 114 valence electrons. The summed E-state index contributed by atoms with van der Waals surface area (Å²) in [6.07, 6.45) is 3.52. The number of nitrogens with one attached hydrogen (secondary N) is 1. The maximum absolute atomic E-state index is 12.5. The van der Waals surface area contributed by atoms with Crippen molar-refractivity contribution in [3.05, 3.63) is 101 Å². The first kappa shape index (κ1) is 15.0. The number of rotatable bonds is 4. The van der Waals surface area contributed by atoms with Crippen LogP contribution in [0, 0.1) is 6.92 Å². The Hall–Kier alpha value is -2.94. The first-order valence-electron chi connectivity index (χ1n) is 7.56. The van der Waals surface area contributed by atoms with Crippen LogP contribution in [0.4, 0.5) is 0 Å². The summed E-state index contributed by atoms with van der Waals surface area (Å²) in [5.41, 5.74) is 3.83. The van der Waals surface area contributed by atoms with Crippen LogP contribution in [-0.2, 0) is 0 Å². The van der Waals surface area contributed by atoms with Crippen LogP contribution in [0.2, 0.25) is 0 Å². The molecule has 0 unspecified atom stereocenters. The molecule has 0 saturated heterocycles. The maximum atomic E-state index is 12.5. The molecule has 2 aromatic carbocycles. The second-order valence-corrected chi connectivity index (χ2v) is 5.47. The predicted octanol–water partition coefficient (Wildman–Crippen LogP) is 3.91. The summed E-state index contributed by atoms with van der Waals surface area (Å²) in [5.74, 6) is -0.0972. The largest absolute Gasteiger partial charge is 0.341 e. The molecule has 0 fully saturated rings. The monoisotopic (exact) mass is 302 g/mol. The molecule has 23 heavy (non-hydrogen) atoms. The zero-order chi connectivity index (χ0) is 16.1. The Labute approximate surface area is 136 Å². The van der Waals surface area contributed by atoms with Crippen molar-refractivity contribution in [2.24, 2.45) is 0 Å². The van der Waals surface area contributed by atoms with Gasteiger partial charge in [-0.15, -0.1) is 0 Å². The smallest absolute Gasteiger partial charge is 0.252 e. The van der Waals surface area contributed by atoms with E-state index in [1.54, 1.807) is 12.4 Å². The summed E-state index contributed by atoms with van der Waals surface area (Å²) in [4.78, 5) is 16.7. The fourth-order valence-corrected chi connectivity index (χ4v) is 2.47. The van der Waals surface area contributed by atoms with Crippen molar-refractivity contribution < 1.29 is 4.79 Å². The number of aryl methyl sites for hydroxylation is 1. The van der Waals surface area contributed by atoms with Crippen molar-refractivity contribution >= 4 is 5.91 Å². The lowest BCUT2D eigenvalue weighted by Gasteiger charge is -2.20. The molecule has 3 nitrogen and oxygen atoms in total. The number of carbonyl (C=O) groups excluding carboxylic acids is 1. The van der Waals surface area contributed by atoms with E-state index in [0.29, 0.717) is 5.56 Å². The standard InChI is InChI=1S/C20H18N2O/c1-15-9-11-16(12-10-15)19(18-8-5-13-21-14-18)22-20(23)17-6-3-2-4-7-17/h2-14,19H,1H3,(H,22,23)/t19-/m1/s1. The number of nitrogens with zero attached hydrogens (tertiary/aromatic N) is 1. The minimum absolute atomic E-state index is 0.0972. The van der Waals surface area contributed by atoms with Gasteiger partial charge in [0.05, 0.1) is 6.04 Å². The molecule has 3 aromatic rings. The van der Waals surface area contributed by atoms with E-state index in [0.717, 1.165) is 11.1 Å². The highest BCUT2D eigenvalue weighted by Gasteiger charge is 2.17. The van der Waals surface area contributed by atoms with Crippen LogP contribution in [0.15, 0.2) is 79.1 Å². The van der Waals surface area contributed by atoms with Crippen molar-refractivity contribution in [2.45, 2.75) is 13.0 Å². The summed E-state index contributed by atoms with van der Waals surface area (Å²) >= 11 is 0. The fourth-order valence-electron chi connectivity index (χ4n) is 2.47. The van der Waals surface area contributed by atoms with Gasteiger partial charge in [-0.25, -0.2) is 0 Å². The molecule has 0 aliphatic heterocycles. The zero-order valence-corrected chi connectivity index (χ0v) is 12.9. The maximum Gasteiger partial charge on any atom is 0.252 e. The Morgan fingerprint density at radius 3 is 2.30 bits per heavy atom. The molecule has 1 N–H and O–H groups in total. The van der Waals surface area contributed by atoms with E-state index in [-0.39, 0.29) is 11.9 Å². The van der Waals surface area contributed by atoms with E-state index in [9.17, 15) is 4.79 Å². The molecule has 0 radical (unpaired) electrons. The normalized spacial score (nSPS) is 11.7. The van der Waals surface area contributed by atoms with Crippen LogP contribution < -0.4 is 5.32 Å². The van der Waals surface area contributed by atoms with Gasteiger partial charge >= 0.3 is 0 Å². The van der Waals surface area contributed by atoms with Crippen LogP contribution >= 0.6 is 0 Å². The lowest BCUT2D eigenvalue weighted by Crippen LogP contribution is -2.29. The Bertz CT molecular complexity index is 768. The number of benzene rings is 2. The van der Waals surface area contributed by atoms with Gasteiger partial charge in [0.1, 0.15) is 0 Å². The summed E-state index contributed by atoms with van der Waals surface area (Å²) in [7, 11) is 0. The highest BCUT2D eigenvalue weighted by molar-refractivity contribution is 5.94. The van der Waals surface area contributed by atoms with Crippen LogP contribution in [0.25, 0.3) is 0 Å². The Kier molecular flexibility index (Phi) is 4.48. The third-order valence-corrected chi connectivity index (χ3v) is 3.74. The first-order chi connectivity index (χ1) is 11.2. The van der Waals surface area contributed by atoms with Gasteiger partial charge in [0.25, 0.3) is 5.91 Å². The summed E-state index contributed by atoms with van der Waals surface area (Å²) in [6.45, 7) is 2.05. The lowest BCUT2D eigenvalue weighted by atomic mass is 9.98. The van der Waals surface area contributed by atoms with Crippen molar-refractivity contribution in [3.63, 3.8) is 0 Å². The molecular formula is C20H18N2O. The van der Waals surface area contributed by atoms with Crippen LogP contribution in [-0.4, -0.2) is 10.9 Å². The van der Waals surface area contributed by atoms with Gasteiger partial charge in [0, 0.05) is 18.0 Å². The number of hydrogen-bond donors (Lipinski definition) is 1. The van der Waals surface area contributed by atoms with E-state index in [2.05, 4.69) is 10.3 Å². The minimum Gasteiger partial charge on any atom is -0.341 e. The molecule has 0 aliphatic carbocycles. The van der Waals surface area contributed by atoms with Crippen LogP contribution in [0.3, 0.4) is 0 Å². The van der Waals surface area contributed by atoms with Crippen molar-refractivity contribution in [1.29, 1.82) is 0 Å². The first-order valence-corrected chi connectivity index (χ1v) is 7.56.